The topological polar surface area (TPSA) is 33.0 Å². The van der Waals surface area contributed by atoms with Crippen LogP contribution in [-0.4, -0.2) is 12.8 Å². The minimum absolute atomic E-state index is 0.0361. The van der Waals surface area contributed by atoms with Crippen LogP contribution >= 0.6 is 15.9 Å². The molecule has 0 aromatic heterocycles. The molecule has 5 heteroatoms. The van der Waals surface area contributed by atoms with E-state index in [1.807, 2.05) is 6.07 Å². The zero-order chi connectivity index (χ0) is 11.4. The molecule has 0 heterocycles. The summed E-state index contributed by atoms with van der Waals surface area (Å²) in [6.07, 6.45) is -1.17. The van der Waals surface area contributed by atoms with Gasteiger partial charge in [-0.2, -0.15) is 5.26 Å². The Morgan fingerprint density at radius 1 is 1.60 bits per heavy atom. The molecule has 0 aliphatic heterocycles. The summed E-state index contributed by atoms with van der Waals surface area (Å²) in [5.74, 6) is -0.750. The molecule has 0 saturated carbocycles. The lowest BCUT2D eigenvalue weighted by Gasteiger charge is -2.09. The van der Waals surface area contributed by atoms with Crippen molar-refractivity contribution in [3.8, 4) is 11.8 Å². The first-order chi connectivity index (χ1) is 7.06. The van der Waals surface area contributed by atoms with Crippen LogP contribution in [0.25, 0.3) is 0 Å². The third-order valence-corrected chi connectivity index (χ3v) is 2.41. The van der Waals surface area contributed by atoms with Crippen LogP contribution in [0.5, 0.6) is 5.75 Å². The maximum atomic E-state index is 13.5. The minimum atomic E-state index is -1.17. The van der Waals surface area contributed by atoms with Crippen molar-refractivity contribution in [1.29, 1.82) is 5.26 Å². The predicted molar refractivity (Wildman–Crippen MR) is 54.9 cm³/mol. The average molecular weight is 276 g/mol. The van der Waals surface area contributed by atoms with Gasteiger partial charge in [-0.3, -0.25) is 0 Å². The Morgan fingerprint density at radius 2 is 2.27 bits per heavy atom. The highest BCUT2D eigenvalue weighted by atomic mass is 79.9. The first kappa shape index (κ1) is 11.9. The number of rotatable bonds is 3. The largest absolute Gasteiger partial charge is 0.487 e. The standard InChI is InChI=1S/C10H8BrF2NO/c1-6(12)5-15-8-3-2-7(4-14)9(11)10(8)13/h2-3,6H,5H2,1H3. The van der Waals surface area contributed by atoms with E-state index >= 15 is 0 Å². The predicted octanol–water partition coefficient (Wildman–Crippen LogP) is 3.20. The quantitative estimate of drug-likeness (QED) is 0.849. The lowest BCUT2D eigenvalue weighted by Crippen LogP contribution is -2.09. The maximum absolute atomic E-state index is 13.5. The van der Waals surface area contributed by atoms with Gasteiger partial charge in [-0.25, -0.2) is 8.78 Å². The minimum Gasteiger partial charge on any atom is -0.487 e. The Bertz CT molecular complexity index is 401. The van der Waals surface area contributed by atoms with Gasteiger partial charge >= 0.3 is 0 Å². The van der Waals surface area contributed by atoms with Gasteiger partial charge in [0.05, 0.1) is 10.0 Å². The van der Waals surface area contributed by atoms with Gasteiger partial charge in [0.2, 0.25) is 0 Å². The zero-order valence-corrected chi connectivity index (χ0v) is 9.51. The zero-order valence-electron chi connectivity index (χ0n) is 7.93. The molecule has 0 spiro atoms. The number of ether oxygens (including phenoxy) is 1. The summed E-state index contributed by atoms with van der Waals surface area (Å²) in [4.78, 5) is 0. The molecule has 15 heavy (non-hydrogen) atoms. The summed E-state index contributed by atoms with van der Waals surface area (Å²) in [7, 11) is 0. The van der Waals surface area contributed by atoms with Gasteiger partial charge in [-0.1, -0.05) is 0 Å². The highest BCUT2D eigenvalue weighted by Crippen LogP contribution is 2.28. The highest BCUT2D eigenvalue weighted by molar-refractivity contribution is 9.10. The molecular formula is C10H8BrF2NO. The summed E-state index contributed by atoms with van der Waals surface area (Å²) in [6.45, 7) is 1.10. The molecule has 1 unspecified atom stereocenters. The molecule has 0 amide bonds. The molecule has 0 radical (unpaired) electrons. The van der Waals surface area contributed by atoms with E-state index in [0.717, 1.165) is 0 Å². The van der Waals surface area contributed by atoms with Crippen LogP contribution < -0.4 is 4.74 Å². The van der Waals surface area contributed by atoms with Crippen LogP contribution in [0.15, 0.2) is 16.6 Å². The van der Waals surface area contributed by atoms with Crippen LogP contribution in [0, 0.1) is 17.1 Å². The Morgan fingerprint density at radius 3 is 2.80 bits per heavy atom. The molecule has 0 aliphatic carbocycles. The first-order valence-corrected chi connectivity index (χ1v) is 5.00. The normalized spacial score (nSPS) is 11.9. The third-order valence-electron chi connectivity index (χ3n) is 1.64. The van der Waals surface area contributed by atoms with E-state index in [1.54, 1.807) is 0 Å². The van der Waals surface area contributed by atoms with Crippen LogP contribution in [0.3, 0.4) is 0 Å². The van der Waals surface area contributed by atoms with Gasteiger partial charge in [0.15, 0.2) is 11.6 Å². The van der Waals surface area contributed by atoms with E-state index in [-0.39, 0.29) is 22.4 Å². The Labute approximate surface area is 94.6 Å². The Balaban J connectivity index is 2.93. The lowest BCUT2D eigenvalue weighted by molar-refractivity contribution is 0.203. The van der Waals surface area contributed by atoms with Crippen molar-refractivity contribution in [2.24, 2.45) is 0 Å². The lowest BCUT2D eigenvalue weighted by atomic mass is 10.2. The summed E-state index contributed by atoms with van der Waals surface area (Å²) in [6, 6.07) is 4.53. The van der Waals surface area contributed by atoms with Crippen molar-refractivity contribution in [1.82, 2.24) is 0 Å². The van der Waals surface area contributed by atoms with E-state index < -0.39 is 12.0 Å². The molecule has 0 N–H and O–H groups in total. The van der Waals surface area contributed by atoms with Crippen molar-refractivity contribution in [2.45, 2.75) is 13.1 Å². The smallest absolute Gasteiger partial charge is 0.180 e. The number of hydrogen-bond donors (Lipinski definition) is 0. The molecule has 0 saturated heterocycles. The Hall–Kier alpha value is -1.15. The van der Waals surface area contributed by atoms with Crippen molar-refractivity contribution in [3.63, 3.8) is 0 Å². The van der Waals surface area contributed by atoms with Crippen molar-refractivity contribution < 1.29 is 13.5 Å². The van der Waals surface area contributed by atoms with Gasteiger partial charge in [-0.05, 0) is 35.0 Å². The van der Waals surface area contributed by atoms with E-state index in [0.29, 0.717) is 0 Å². The molecule has 0 bridgehead atoms. The van der Waals surface area contributed by atoms with Crippen molar-refractivity contribution in [2.75, 3.05) is 6.61 Å². The molecule has 0 fully saturated rings. The fraction of sp³-hybridized carbons (Fsp3) is 0.300. The molecule has 0 aliphatic rings. The van der Waals surface area contributed by atoms with Gasteiger partial charge in [0, 0.05) is 0 Å². The monoisotopic (exact) mass is 275 g/mol. The second kappa shape index (κ2) is 5.08. The third kappa shape index (κ3) is 2.90. The first-order valence-electron chi connectivity index (χ1n) is 4.21. The SMILES string of the molecule is CC(F)COc1ccc(C#N)c(Br)c1F. The van der Waals surface area contributed by atoms with E-state index in [9.17, 15) is 8.78 Å². The second-order valence-electron chi connectivity index (χ2n) is 2.94. The van der Waals surface area contributed by atoms with Crippen LogP contribution in [0.4, 0.5) is 8.78 Å². The van der Waals surface area contributed by atoms with Crippen molar-refractivity contribution >= 4 is 15.9 Å². The van der Waals surface area contributed by atoms with Crippen LogP contribution in [0.1, 0.15) is 12.5 Å². The molecule has 2 nitrogen and oxygen atoms in total. The van der Waals surface area contributed by atoms with Crippen LogP contribution in [-0.2, 0) is 0 Å². The fourth-order valence-corrected chi connectivity index (χ4v) is 1.35. The number of halogens is 3. The number of benzene rings is 1. The summed E-state index contributed by atoms with van der Waals surface area (Å²) in [5.41, 5.74) is 0.174. The van der Waals surface area contributed by atoms with Gasteiger partial charge < -0.3 is 4.74 Å². The molecule has 80 valence electrons. The maximum Gasteiger partial charge on any atom is 0.180 e. The second-order valence-corrected chi connectivity index (χ2v) is 3.74. The van der Waals surface area contributed by atoms with Gasteiger partial charge in [-0.15, -0.1) is 0 Å². The Kier molecular flexibility index (Phi) is 4.04. The van der Waals surface area contributed by atoms with E-state index in [4.69, 9.17) is 10.00 Å². The molecule has 1 aromatic carbocycles. The average Bonchev–Trinajstić information content (AvgIpc) is 2.20. The number of nitrogens with zero attached hydrogens (tertiary/aromatic N) is 1. The molecule has 1 rings (SSSR count). The molecule has 1 atom stereocenters. The summed E-state index contributed by atoms with van der Waals surface area (Å²) >= 11 is 2.93. The number of hydrogen-bond acceptors (Lipinski definition) is 2. The molecule has 1 aromatic rings. The summed E-state index contributed by atoms with van der Waals surface area (Å²) in [5, 5.41) is 8.60. The van der Waals surface area contributed by atoms with Gasteiger partial charge in [0.25, 0.3) is 0 Å². The van der Waals surface area contributed by atoms with E-state index in [1.165, 1.54) is 19.1 Å². The summed E-state index contributed by atoms with van der Waals surface area (Å²) < 4.78 is 30.8. The molecular weight excluding hydrogens is 268 g/mol. The number of alkyl halides is 1. The highest BCUT2D eigenvalue weighted by Gasteiger charge is 2.12. The van der Waals surface area contributed by atoms with E-state index in [2.05, 4.69) is 15.9 Å². The number of nitriles is 1. The van der Waals surface area contributed by atoms with Crippen molar-refractivity contribution in [3.05, 3.63) is 28.0 Å². The van der Waals surface area contributed by atoms with Crippen LogP contribution in [0.2, 0.25) is 0 Å². The fourth-order valence-electron chi connectivity index (χ4n) is 0.934. The van der Waals surface area contributed by atoms with Gasteiger partial charge in [0.1, 0.15) is 18.8 Å².